The molecule has 0 aliphatic carbocycles. The lowest BCUT2D eigenvalue weighted by Crippen LogP contribution is -2.27. The van der Waals surface area contributed by atoms with Crippen LogP contribution in [0.5, 0.6) is 0 Å². The SMILES string of the molecule is CC(=O)/C(=C/N)NC(=O)c1ccccc1. The fraction of sp³-hybridized carbons (Fsp3) is 0.0909. The Balaban J connectivity index is 2.77. The molecule has 0 spiro atoms. The minimum atomic E-state index is -0.345. The van der Waals surface area contributed by atoms with Crippen LogP contribution in [-0.2, 0) is 4.79 Å². The lowest BCUT2D eigenvalue weighted by atomic mass is 10.2. The molecule has 0 aliphatic rings. The topological polar surface area (TPSA) is 72.2 Å². The number of allylic oxidation sites excluding steroid dienone is 1. The van der Waals surface area contributed by atoms with E-state index in [1.807, 2.05) is 0 Å². The van der Waals surface area contributed by atoms with Crippen molar-refractivity contribution in [3.8, 4) is 0 Å². The van der Waals surface area contributed by atoms with Crippen LogP contribution in [0.4, 0.5) is 0 Å². The van der Waals surface area contributed by atoms with Gasteiger partial charge in [0.1, 0.15) is 0 Å². The minimum absolute atomic E-state index is 0.101. The number of nitrogens with one attached hydrogen (secondary N) is 1. The van der Waals surface area contributed by atoms with Gasteiger partial charge in [0.05, 0.1) is 5.70 Å². The summed E-state index contributed by atoms with van der Waals surface area (Å²) in [5, 5.41) is 2.43. The van der Waals surface area contributed by atoms with E-state index in [0.717, 1.165) is 6.20 Å². The maximum absolute atomic E-state index is 11.6. The Morgan fingerprint density at radius 1 is 1.27 bits per heavy atom. The van der Waals surface area contributed by atoms with Crippen molar-refractivity contribution < 1.29 is 9.59 Å². The maximum Gasteiger partial charge on any atom is 0.255 e. The van der Waals surface area contributed by atoms with Gasteiger partial charge in [0.15, 0.2) is 5.78 Å². The van der Waals surface area contributed by atoms with Gasteiger partial charge in [0.25, 0.3) is 5.91 Å². The lowest BCUT2D eigenvalue weighted by molar-refractivity contribution is -0.113. The summed E-state index contributed by atoms with van der Waals surface area (Å²) in [7, 11) is 0. The Kier molecular flexibility index (Phi) is 3.62. The van der Waals surface area contributed by atoms with Crippen molar-refractivity contribution in [2.24, 2.45) is 5.73 Å². The van der Waals surface area contributed by atoms with Gasteiger partial charge in [0, 0.05) is 18.7 Å². The summed E-state index contributed by atoms with van der Waals surface area (Å²) in [4.78, 5) is 22.5. The Morgan fingerprint density at radius 2 is 1.87 bits per heavy atom. The predicted molar refractivity (Wildman–Crippen MR) is 56.9 cm³/mol. The number of carbonyl (C=O) groups excluding carboxylic acids is 2. The Labute approximate surface area is 87.8 Å². The highest BCUT2D eigenvalue weighted by Gasteiger charge is 2.09. The molecule has 3 N–H and O–H groups in total. The first kappa shape index (κ1) is 11.0. The van der Waals surface area contributed by atoms with Crippen LogP contribution in [0.1, 0.15) is 17.3 Å². The molecule has 0 saturated carbocycles. The number of nitrogens with two attached hydrogens (primary N) is 1. The van der Waals surface area contributed by atoms with Crippen LogP contribution >= 0.6 is 0 Å². The first-order chi connectivity index (χ1) is 7.15. The van der Waals surface area contributed by atoms with Gasteiger partial charge in [-0.05, 0) is 12.1 Å². The van der Waals surface area contributed by atoms with E-state index in [1.165, 1.54) is 6.92 Å². The molecule has 0 aliphatic heterocycles. The summed E-state index contributed by atoms with van der Waals surface area (Å²) < 4.78 is 0. The van der Waals surface area contributed by atoms with Crippen LogP contribution < -0.4 is 11.1 Å². The molecule has 0 heterocycles. The van der Waals surface area contributed by atoms with E-state index in [-0.39, 0.29) is 17.4 Å². The van der Waals surface area contributed by atoms with Gasteiger partial charge in [-0.2, -0.15) is 0 Å². The van der Waals surface area contributed by atoms with Crippen molar-refractivity contribution in [2.45, 2.75) is 6.92 Å². The molecule has 1 aromatic rings. The molecule has 0 atom stereocenters. The minimum Gasteiger partial charge on any atom is -0.403 e. The molecular formula is C11H12N2O2. The van der Waals surface area contributed by atoms with Crippen molar-refractivity contribution in [2.75, 3.05) is 0 Å². The van der Waals surface area contributed by atoms with Crippen LogP contribution in [-0.4, -0.2) is 11.7 Å². The number of rotatable bonds is 3. The van der Waals surface area contributed by atoms with Crippen molar-refractivity contribution in [1.29, 1.82) is 0 Å². The number of ketones is 1. The molecule has 4 heteroatoms. The molecule has 1 aromatic carbocycles. The molecule has 0 aromatic heterocycles. The highest BCUT2D eigenvalue weighted by atomic mass is 16.2. The van der Waals surface area contributed by atoms with Crippen molar-refractivity contribution in [3.63, 3.8) is 0 Å². The summed E-state index contributed by atoms with van der Waals surface area (Å²) >= 11 is 0. The van der Waals surface area contributed by atoms with Crippen LogP contribution in [0.25, 0.3) is 0 Å². The van der Waals surface area contributed by atoms with Gasteiger partial charge in [-0.1, -0.05) is 18.2 Å². The molecule has 0 unspecified atom stereocenters. The quantitative estimate of drug-likeness (QED) is 0.715. The lowest BCUT2D eigenvalue weighted by Gasteiger charge is -2.05. The monoisotopic (exact) mass is 204 g/mol. The van der Waals surface area contributed by atoms with Crippen LogP contribution in [0, 0.1) is 0 Å². The zero-order chi connectivity index (χ0) is 11.3. The first-order valence-electron chi connectivity index (χ1n) is 4.44. The highest BCUT2D eigenvalue weighted by Crippen LogP contribution is 1.99. The van der Waals surface area contributed by atoms with E-state index in [1.54, 1.807) is 30.3 Å². The molecule has 0 fully saturated rings. The zero-order valence-corrected chi connectivity index (χ0v) is 8.36. The van der Waals surface area contributed by atoms with E-state index >= 15 is 0 Å². The predicted octanol–water partition coefficient (Wildman–Crippen LogP) is 0.805. The fourth-order valence-electron chi connectivity index (χ4n) is 1.03. The number of hydrogen-bond donors (Lipinski definition) is 2. The van der Waals surface area contributed by atoms with Gasteiger partial charge >= 0.3 is 0 Å². The van der Waals surface area contributed by atoms with E-state index in [2.05, 4.69) is 5.32 Å². The molecular weight excluding hydrogens is 192 g/mol. The number of amides is 1. The second-order valence-electron chi connectivity index (χ2n) is 2.96. The van der Waals surface area contributed by atoms with Gasteiger partial charge < -0.3 is 11.1 Å². The average Bonchev–Trinajstić information content (AvgIpc) is 2.26. The average molecular weight is 204 g/mol. The molecule has 78 valence electrons. The van der Waals surface area contributed by atoms with Gasteiger partial charge in [0.2, 0.25) is 0 Å². The van der Waals surface area contributed by atoms with Gasteiger partial charge in [-0.25, -0.2) is 0 Å². The largest absolute Gasteiger partial charge is 0.403 e. The van der Waals surface area contributed by atoms with Crippen molar-refractivity contribution in [1.82, 2.24) is 5.32 Å². The zero-order valence-electron chi connectivity index (χ0n) is 8.36. The molecule has 0 bridgehead atoms. The molecule has 1 rings (SSSR count). The summed E-state index contributed by atoms with van der Waals surface area (Å²) in [6.45, 7) is 1.34. The summed E-state index contributed by atoms with van der Waals surface area (Å²) in [6.07, 6.45) is 1.09. The molecule has 15 heavy (non-hydrogen) atoms. The van der Waals surface area contributed by atoms with Crippen molar-refractivity contribution in [3.05, 3.63) is 47.8 Å². The van der Waals surface area contributed by atoms with Gasteiger partial charge in [-0.3, -0.25) is 9.59 Å². The fourth-order valence-corrected chi connectivity index (χ4v) is 1.03. The number of benzene rings is 1. The second kappa shape index (κ2) is 4.95. The third-order valence-electron chi connectivity index (χ3n) is 1.83. The normalized spacial score (nSPS) is 10.9. The number of Topliss-reactive ketones (excluding diaryl/α,β-unsaturated/α-hetero) is 1. The van der Waals surface area contributed by atoms with Gasteiger partial charge in [-0.15, -0.1) is 0 Å². The second-order valence-corrected chi connectivity index (χ2v) is 2.96. The van der Waals surface area contributed by atoms with E-state index in [4.69, 9.17) is 5.73 Å². The Bertz CT molecular complexity index is 396. The Hall–Kier alpha value is -2.10. The Morgan fingerprint density at radius 3 is 2.33 bits per heavy atom. The van der Waals surface area contributed by atoms with Crippen LogP contribution in [0.15, 0.2) is 42.2 Å². The smallest absolute Gasteiger partial charge is 0.255 e. The number of hydrogen-bond acceptors (Lipinski definition) is 3. The van der Waals surface area contributed by atoms with Crippen LogP contribution in [0.3, 0.4) is 0 Å². The molecule has 4 nitrogen and oxygen atoms in total. The number of carbonyl (C=O) groups is 2. The third kappa shape index (κ3) is 2.95. The third-order valence-corrected chi connectivity index (χ3v) is 1.83. The van der Waals surface area contributed by atoms with Crippen molar-refractivity contribution >= 4 is 11.7 Å². The molecule has 1 amide bonds. The summed E-state index contributed by atoms with van der Waals surface area (Å²) in [5.41, 5.74) is 5.79. The van der Waals surface area contributed by atoms with E-state index in [0.29, 0.717) is 5.56 Å². The summed E-state index contributed by atoms with van der Waals surface area (Å²) in [6, 6.07) is 8.61. The molecule has 0 radical (unpaired) electrons. The highest BCUT2D eigenvalue weighted by molar-refractivity contribution is 6.02. The molecule has 0 saturated heterocycles. The summed E-state index contributed by atoms with van der Waals surface area (Å²) in [5.74, 6) is -0.621. The van der Waals surface area contributed by atoms with Crippen LogP contribution in [0.2, 0.25) is 0 Å². The van der Waals surface area contributed by atoms with E-state index in [9.17, 15) is 9.59 Å². The first-order valence-corrected chi connectivity index (χ1v) is 4.44. The standard InChI is InChI=1S/C11H12N2O2/c1-8(14)10(7-12)13-11(15)9-5-3-2-4-6-9/h2-7H,12H2,1H3,(H,13,15)/b10-7-. The van der Waals surface area contributed by atoms with E-state index < -0.39 is 0 Å². The maximum atomic E-state index is 11.6.